The monoisotopic (exact) mass is 220 g/mol. The highest BCUT2D eigenvalue weighted by Crippen LogP contribution is 2.12. The van der Waals surface area contributed by atoms with Crippen LogP contribution in [-0.2, 0) is 0 Å². The topological polar surface area (TPSA) is 62.1 Å². The van der Waals surface area contributed by atoms with Crippen molar-refractivity contribution in [3.8, 4) is 5.88 Å². The van der Waals surface area contributed by atoms with E-state index in [2.05, 4.69) is 15.1 Å². The molecule has 1 N–H and O–H groups in total. The summed E-state index contributed by atoms with van der Waals surface area (Å²) in [5.41, 5.74) is 0.614. The van der Waals surface area contributed by atoms with Gasteiger partial charge in [-0.25, -0.2) is 0 Å². The Morgan fingerprint density at radius 2 is 2.00 bits per heavy atom. The van der Waals surface area contributed by atoms with Crippen LogP contribution in [0.5, 0.6) is 5.88 Å². The van der Waals surface area contributed by atoms with E-state index in [-0.39, 0.29) is 0 Å². The van der Waals surface area contributed by atoms with E-state index in [1.165, 1.54) is 6.42 Å². The van der Waals surface area contributed by atoms with Crippen molar-refractivity contribution >= 4 is 5.84 Å². The van der Waals surface area contributed by atoms with E-state index < -0.39 is 0 Å². The second-order valence-corrected chi connectivity index (χ2v) is 3.86. The maximum Gasteiger partial charge on any atom is 0.233 e. The lowest BCUT2D eigenvalue weighted by atomic mass is 10.1. The molecule has 0 radical (unpaired) electrons. The van der Waals surface area contributed by atoms with Crippen LogP contribution < -0.4 is 4.74 Å². The Hall–Kier alpha value is -1.65. The van der Waals surface area contributed by atoms with Gasteiger partial charge in [-0.05, 0) is 25.3 Å². The van der Waals surface area contributed by atoms with Crippen LogP contribution in [0.4, 0.5) is 0 Å². The number of piperidine rings is 1. The lowest BCUT2D eigenvalue weighted by Gasteiger charge is -2.28. The zero-order valence-corrected chi connectivity index (χ0v) is 9.44. The molecule has 0 atom stereocenters. The fraction of sp³-hybridized carbons (Fsp3) is 0.545. The Balaban J connectivity index is 2.07. The quantitative estimate of drug-likeness (QED) is 0.602. The number of nitrogens with one attached hydrogen (secondary N) is 1. The minimum Gasteiger partial charge on any atom is -0.480 e. The van der Waals surface area contributed by atoms with E-state index in [4.69, 9.17) is 10.1 Å². The van der Waals surface area contributed by atoms with Crippen LogP contribution in [0.1, 0.15) is 25.0 Å². The van der Waals surface area contributed by atoms with Crippen LogP contribution in [0.3, 0.4) is 0 Å². The third kappa shape index (κ3) is 2.29. The van der Waals surface area contributed by atoms with E-state index in [1.54, 1.807) is 19.2 Å². The Kier molecular flexibility index (Phi) is 3.34. The van der Waals surface area contributed by atoms with Gasteiger partial charge < -0.3 is 9.64 Å². The molecule has 0 aliphatic carbocycles. The predicted octanol–water partition coefficient (Wildman–Crippen LogP) is 1.30. The Bertz CT molecular complexity index is 357. The first kappa shape index (κ1) is 10.9. The zero-order chi connectivity index (χ0) is 11.4. The first-order valence-electron chi connectivity index (χ1n) is 5.53. The van der Waals surface area contributed by atoms with E-state index in [0.717, 1.165) is 25.9 Å². The fourth-order valence-electron chi connectivity index (χ4n) is 1.83. The van der Waals surface area contributed by atoms with Crippen molar-refractivity contribution in [3.63, 3.8) is 0 Å². The SMILES string of the molecule is COc1ccc(C(=N)N2CCCCC2)nn1. The van der Waals surface area contributed by atoms with Crippen LogP contribution in [0, 0.1) is 5.41 Å². The molecule has 5 heteroatoms. The van der Waals surface area contributed by atoms with Gasteiger partial charge in [0.05, 0.1) is 7.11 Å². The molecule has 1 aromatic heterocycles. The van der Waals surface area contributed by atoms with Crippen molar-refractivity contribution in [1.29, 1.82) is 5.41 Å². The molecule has 0 amide bonds. The molecular weight excluding hydrogens is 204 g/mol. The minimum atomic E-state index is 0.467. The standard InChI is InChI=1S/C11H16N4O/c1-16-10-6-5-9(13-14-10)11(12)15-7-3-2-4-8-15/h5-6,12H,2-4,7-8H2,1H3. The molecule has 1 aromatic rings. The molecule has 0 unspecified atom stereocenters. The molecule has 0 aromatic carbocycles. The van der Waals surface area contributed by atoms with Crippen LogP contribution in [0.2, 0.25) is 0 Å². The van der Waals surface area contributed by atoms with Crippen molar-refractivity contribution in [2.45, 2.75) is 19.3 Å². The lowest BCUT2D eigenvalue weighted by Crippen LogP contribution is -2.36. The maximum absolute atomic E-state index is 8.03. The number of ether oxygens (including phenoxy) is 1. The van der Waals surface area contributed by atoms with Gasteiger partial charge in [0, 0.05) is 19.2 Å². The highest BCUT2D eigenvalue weighted by atomic mass is 16.5. The molecule has 2 rings (SSSR count). The normalized spacial score (nSPS) is 15.9. The van der Waals surface area contributed by atoms with Gasteiger partial charge in [-0.15, -0.1) is 10.2 Å². The van der Waals surface area contributed by atoms with Crippen molar-refractivity contribution in [3.05, 3.63) is 17.8 Å². The van der Waals surface area contributed by atoms with Crippen LogP contribution >= 0.6 is 0 Å². The Morgan fingerprint density at radius 3 is 2.56 bits per heavy atom. The van der Waals surface area contributed by atoms with Gasteiger partial charge in [-0.3, -0.25) is 5.41 Å². The lowest BCUT2D eigenvalue weighted by molar-refractivity contribution is 0.340. The summed E-state index contributed by atoms with van der Waals surface area (Å²) in [6.07, 6.45) is 3.58. The highest BCUT2D eigenvalue weighted by Gasteiger charge is 2.16. The third-order valence-electron chi connectivity index (χ3n) is 2.76. The van der Waals surface area contributed by atoms with Gasteiger partial charge in [0.25, 0.3) is 0 Å². The van der Waals surface area contributed by atoms with Crippen molar-refractivity contribution in [2.24, 2.45) is 0 Å². The van der Waals surface area contributed by atoms with Crippen molar-refractivity contribution < 1.29 is 4.74 Å². The average Bonchev–Trinajstić information content (AvgIpc) is 2.39. The minimum absolute atomic E-state index is 0.467. The largest absolute Gasteiger partial charge is 0.480 e. The Labute approximate surface area is 94.9 Å². The highest BCUT2D eigenvalue weighted by molar-refractivity contribution is 5.94. The smallest absolute Gasteiger partial charge is 0.233 e. The number of rotatable bonds is 2. The molecule has 0 saturated carbocycles. The number of methoxy groups -OCH3 is 1. The van der Waals surface area contributed by atoms with Gasteiger partial charge in [0.1, 0.15) is 11.5 Å². The molecule has 1 aliphatic heterocycles. The summed E-state index contributed by atoms with van der Waals surface area (Å²) in [5.74, 6) is 0.949. The predicted molar refractivity (Wildman–Crippen MR) is 60.8 cm³/mol. The molecule has 0 spiro atoms. The van der Waals surface area contributed by atoms with Crippen LogP contribution in [-0.4, -0.2) is 41.1 Å². The molecule has 0 bridgehead atoms. The average molecular weight is 220 g/mol. The second kappa shape index (κ2) is 4.92. The van der Waals surface area contributed by atoms with Gasteiger partial charge in [-0.1, -0.05) is 0 Å². The van der Waals surface area contributed by atoms with E-state index in [9.17, 15) is 0 Å². The molecular formula is C11H16N4O. The van der Waals surface area contributed by atoms with Crippen molar-refractivity contribution in [2.75, 3.05) is 20.2 Å². The molecule has 5 nitrogen and oxygen atoms in total. The van der Waals surface area contributed by atoms with E-state index in [0.29, 0.717) is 17.4 Å². The molecule has 86 valence electrons. The first-order valence-corrected chi connectivity index (χ1v) is 5.53. The van der Waals surface area contributed by atoms with Crippen LogP contribution in [0.25, 0.3) is 0 Å². The summed E-state index contributed by atoms with van der Waals surface area (Å²) in [5, 5.41) is 15.9. The summed E-state index contributed by atoms with van der Waals surface area (Å²) in [7, 11) is 1.56. The van der Waals surface area contributed by atoms with Gasteiger partial charge in [0.15, 0.2) is 0 Å². The number of hydrogen-bond donors (Lipinski definition) is 1. The zero-order valence-electron chi connectivity index (χ0n) is 9.44. The summed E-state index contributed by atoms with van der Waals surface area (Å²) < 4.78 is 4.94. The first-order chi connectivity index (χ1) is 7.81. The molecule has 1 fully saturated rings. The third-order valence-corrected chi connectivity index (χ3v) is 2.76. The molecule has 1 aliphatic rings. The Morgan fingerprint density at radius 1 is 1.25 bits per heavy atom. The molecule has 2 heterocycles. The number of amidine groups is 1. The van der Waals surface area contributed by atoms with Gasteiger partial charge in [-0.2, -0.15) is 0 Å². The maximum atomic E-state index is 8.03. The van der Waals surface area contributed by atoms with E-state index >= 15 is 0 Å². The summed E-state index contributed by atoms with van der Waals surface area (Å²) in [6.45, 7) is 1.90. The van der Waals surface area contributed by atoms with Crippen molar-refractivity contribution in [1.82, 2.24) is 15.1 Å². The number of likely N-dealkylation sites (tertiary alicyclic amines) is 1. The molecule has 1 saturated heterocycles. The summed E-state index contributed by atoms with van der Waals surface area (Å²) >= 11 is 0. The van der Waals surface area contributed by atoms with Gasteiger partial charge in [0.2, 0.25) is 5.88 Å². The number of aromatic nitrogens is 2. The van der Waals surface area contributed by atoms with E-state index in [1.807, 2.05) is 0 Å². The molecule has 16 heavy (non-hydrogen) atoms. The number of hydrogen-bond acceptors (Lipinski definition) is 4. The summed E-state index contributed by atoms with van der Waals surface area (Å²) in [6, 6.07) is 3.52. The van der Waals surface area contributed by atoms with Crippen LogP contribution in [0.15, 0.2) is 12.1 Å². The fourth-order valence-corrected chi connectivity index (χ4v) is 1.83. The summed E-state index contributed by atoms with van der Waals surface area (Å²) in [4.78, 5) is 2.06. The second-order valence-electron chi connectivity index (χ2n) is 3.86. The number of nitrogens with zero attached hydrogens (tertiary/aromatic N) is 3. The van der Waals surface area contributed by atoms with Gasteiger partial charge >= 0.3 is 0 Å².